The summed E-state index contributed by atoms with van der Waals surface area (Å²) in [7, 11) is -2.07. The Labute approximate surface area is 116 Å². The zero-order valence-electron chi connectivity index (χ0n) is 10.8. The fraction of sp³-hybridized carbons (Fsp3) is 0.500. The Morgan fingerprint density at radius 1 is 1.28 bits per heavy atom. The molecular weight excluding hydrogens is 321 g/mol. The molecule has 18 heavy (non-hydrogen) atoms. The van der Waals surface area contributed by atoms with E-state index in [0.29, 0.717) is 0 Å². The molecule has 0 aromatic heterocycles. The van der Waals surface area contributed by atoms with Gasteiger partial charge in [-0.1, -0.05) is 13.8 Å². The first kappa shape index (κ1) is 15.6. The lowest BCUT2D eigenvalue weighted by atomic mass is 10.1. The quantitative estimate of drug-likeness (QED) is 0.845. The first-order valence-electron chi connectivity index (χ1n) is 5.61. The second kappa shape index (κ2) is 5.67. The van der Waals surface area contributed by atoms with Crippen LogP contribution in [0, 0.1) is 11.7 Å². The summed E-state index contributed by atoms with van der Waals surface area (Å²) < 4.78 is 39.3. The number of rotatable bonds is 4. The molecule has 1 aromatic rings. The third-order valence-corrected chi connectivity index (χ3v) is 6.01. The molecule has 1 aromatic carbocycles. The minimum Gasteiger partial charge on any atom is -0.207 e. The molecule has 1 unspecified atom stereocenters. The number of nitrogens with zero attached hydrogens (tertiary/aromatic N) is 1. The molecule has 0 N–H and O–H groups in total. The molecule has 102 valence electrons. The molecule has 0 aliphatic carbocycles. The van der Waals surface area contributed by atoms with Gasteiger partial charge in [0.2, 0.25) is 10.0 Å². The maximum Gasteiger partial charge on any atom is 0.244 e. The lowest BCUT2D eigenvalue weighted by Gasteiger charge is -2.27. The van der Waals surface area contributed by atoms with Crippen molar-refractivity contribution >= 4 is 26.0 Å². The summed E-state index contributed by atoms with van der Waals surface area (Å²) in [5.41, 5.74) is 0. The average molecular weight is 338 g/mol. The van der Waals surface area contributed by atoms with Gasteiger partial charge in [0.25, 0.3) is 0 Å². The molecule has 1 rings (SSSR count). The fourth-order valence-corrected chi connectivity index (χ4v) is 3.98. The van der Waals surface area contributed by atoms with Crippen molar-refractivity contribution in [3.8, 4) is 0 Å². The number of benzene rings is 1. The van der Waals surface area contributed by atoms with Crippen LogP contribution in [0.5, 0.6) is 0 Å². The topological polar surface area (TPSA) is 37.4 Å². The van der Waals surface area contributed by atoms with Crippen LogP contribution >= 0.6 is 15.9 Å². The zero-order valence-corrected chi connectivity index (χ0v) is 13.2. The normalized spacial score (nSPS) is 14.2. The molecule has 0 heterocycles. The van der Waals surface area contributed by atoms with Gasteiger partial charge in [0.1, 0.15) is 5.82 Å². The Bertz CT molecular complexity index is 531. The van der Waals surface area contributed by atoms with Crippen molar-refractivity contribution in [3.63, 3.8) is 0 Å². The van der Waals surface area contributed by atoms with Crippen LogP contribution in [0.15, 0.2) is 27.6 Å². The van der Waals surface area contributed by atoms with Gasteiger partial charge in [0.15, 0.2) is 0 Å². The van der Waals surface area contributed by atoms with Crippen LogP contribution < -0.4 is 0 Å². The van der Waals surface area contributed by atoms with Crippen LogP contribution in [0.3, 0.4) is 0 Å². The summed E-state index contributed by atoms with van der Waals surface area (Å²) in [5, 5.41) is 0. The summed E-state index contributed by atoms with van der Waals surface area (Å²) >= 11 is 3.09. The number of hydrogen-bond acceptors (Lipinski definition) is 2. The highest BCUT2D eigenvalue weighted by atomic mass is 79.9. The molecule has 1 atom stereocenters. The van der Waals surface area contributed by atoms with Crippen molar-refractivity contribution in [2.45, 2.75) is 31.7 Å². The molecule has 0 saturated carbocycles. The molecule has 0 aliphatic heterocycles. The van der Waals surface area contributed by atoms with E-state index in [-0.39, 0.29) is 21.3 Å². The Morgan fingerprint density at radius 2 is 1.83 bits per heavy atom. The van der Waals surface area contributed by atoms with E-state index in [4.69, 9.17) is 0 Å². The third-order valence-electron chi connectivity index (χ3n) is 3.09. The molecule has 0 saturated heterocycles. The third kappa shape index (κ3) is 3.10. The first-order chi connectivity index (χ1) is 8.17. The Morgan fingerprint density at radius 3 is 2.28 bits per heavy atom. The zero-order chi connectivity index (χ0) is 14.1. The second-order valence-electron chi connectivity index (χ2n) is 4.58. The highest BCUT2D eigenvalue weighted by Gasteiger charge is 2.28. The van der Waals surface area contributed by atoms with E-state index in [9.17, 15) is 12.8 Å². The van der Waals surface area contributed by atoms with Gasteiger partial charge in [0.05, 0.1) is 4.90 Å². The van der Waals surface area contributed by atoms with E-state index >= 15 is 0 Å². The van der Waals surface area contributed by atoms with Crippen molar-refractivity contribution < 1.29 is 12.8 Å². The maximum atomic E-state index is 13.0. The van der Waals surface area contributed by atoms with Gasteiger partial charge >= 0.3 is 0 Å². The SMILES string of the molecule is CC(C)C(C)N(C)S(=O)(=O)c1ccc(F)cc1Br. The smallest absolute Gasteiger partial charge is 0.207 e. The van der Waals surface area contributed by atoms with Gasteiger partial charge < -0.3 is 0 Å². The largest absolute Gasteiger partial charge is 0.244 e. The van der Waals surface area contributed by atoms with Crippen molar-refractivity contribution in [3.05, 3.63) is 28.5 Å². The predicted molar refractivity (Wildman–Crippen MR) is 73.3 cm³/mol. The molecule has 0 spiro atoms. The van der Waals surface area contributed by atoms with E-state index in [1.54, 1.807) is 0 Å². The van der Waals surface area contributed by atoms with Gasteiger partial charge in [-0.15, -0.1) is 0 Å². The summed E-state index contributed by atoms with van der Waals surface area (Å²) in [5.74, 6) is -0.274. The Hall–Kier alpha value is -0.460. The molecule has 0 amide bonds. The molecule has 6 heteroatoms. The first-order valence-corrected chi connectivity index (χ1v) is 7.84. The van der Waals surface area contributed by atoms with E-state index in [1.165, 1.54) is 17.4 Å². The molecule has 3 nitrogen and oxygen atoms in total. The Balaban J connectivity index is 3.21. The molecular formula is C12H17BrFNO2S. The van der Waals surface area contributed by atoms with E-state index < -0.39 is 15.8 Å². The average Bonchev–Trinajstić information content (AvgIpc) is 2.26. The van der Waals surface area contributed by atoms with Crippen molar-refractivity contribution in [1.82, 2.24) is 4.31 Å². The van der Waals surface area contributed by atoms with Crippen LogP contribution in [0.1, 0.15) is 20.8 Å². The fourth-order valence-electron chi connectivity index (χ4n) is 1.48. The molecule has 0 bridgehead atoms. The van der Waals surface area contributed by atoms with Gasteiger partial charge in [-0.05, 0) is 47.0 Å². The van der Waals surface area contributed by atoms with Crippen LogP contribution in [-0.4, -0.2) is 25.8 Å². The summed E-state index contributed by atoms with van der Waals surface area (Å²) in [6, 6.07) is 3.44. The van der Waals surface area contributed by atoms with E-state index in [0.717, 1.165) is 12.1 Å². The minimum absolute atomic E-state index is 0.0823. The van der Waals surface area contributed by atoms with Gasteiger partial charge in [0, 0.05) is 17.6 Å². The lowest BCUT2D eigenvalue weighted by molar-refractivity contribution is 0.315. The van der Waals surface area contributed by atoms with Crippen LogP contribution in [0.25, 0.3) is 0 Å². The highest BCUT2D eigenvalue weighted by Crippen LogP contribution is 2.27. The van der Waals surface area contributed by atoms with Gasteiger partial charge in [-0.2, -0.15) is 4.31 Å². The summed E-state index contributed by atoms with van der Waals surface area (Å²) in [4.78, 5) is 0.0823. The summed E-state index contributed by atoms with van der Waals surface area (Å²) in [6.07, 6.45) is 0. The number of hydrogen-bond donors (Lipinski definition) is 0. The number of sulfonamides is 1. The predicted octanol–water partition coefficient (Wildman–Crippen LogP) is 3.25. The van der Waals surface area contributed by atoms with E-state index in [1.807, 2.05) is 20.8 Å². The van der Waals surface area contributed by atoms with Crippen LogP contribution in [0.4, 0.5) is 4.39 Å². The lowest BCUT2D eigenvalue weighted by Crippen LogP contribution is -2.38. The second-order valence-corrected chi connectivity index (χ2v) is 7.40. The summed E-state index contributed by atoms with van der Waals surface area (Å²) in [6.45, 7) is 5.76. The van der Waals surface area contributed by atoms with Gasteiger partial charge in [-0.25, -0.2) is 12.8 Å². The van der Waals surface area contributed by atoms with Crippen molar-refractivity contribution in [2.24, 2.45) is 5.92 Å². The standard InChI is InChI=1S/C12H17BrFNO2S/c1-8(2)9(3)15(4)18(16,17)12-6-5-10(14)7-11(12)13/h5-9H,1-4H3. The minimum atomic E-state index is -3.61. The monoisotopic (exact) mass is 337 g/mol. The van der Waals surface area contributed by atoms with Gasteiger partial charge in [-0.3, -0.25) is 0 Å². The van der Waals surface area contributed by atoms with Crippen molar-refractivity contribution in [2.75, 3.05) is 7.05 Å². The molecule has 0 aliphatic rings. The van der Waals surface area contributed by atoms with Crippen molar-refractivity contribution in [1.29, 1.82) is 0 Å². The number of halogens is 2. The van der Waals surface area contributed by atoms with Crippen LogP contribution in [0.2, 0.25) is 0 Å². The highest BCUT2D eigenvalue weighted by molar-refractivity contribution is 9.10. The molecule has 0 radical (unpaired) electrons. The van der Waals surface area contributed by atoms with Crippen LogP contribution in [-0.2, 0) is 10.0 Å². The Kier molecular flexibility index (Phi) is 4.91. The molecule has 0 fully saturated rings. The van der Waals surface area contributed by atoms with E-state index in [2.05, 4.69) is 15.9 Å². The maximum absolute atomic E-state index is 13.0.